The van der Waals surface area contributed by atoms with Gasteiger partial charge in [-0.3, -0.25) is 9.59 Å². The molecule has 1 aliphatic heterocycles. The Labute approximate surface area is 141 Å². The maximum atomic E-state index is 12.3. The molecule has 2 N–H and O–H groups in total. The molecule has 0 saturated carbocycles. The van der Waals surface area contributed by atoms with Crippen molar-refractivity contribution < 1.29 is 9.59 Å². The van der Waals surface area contributed by atoms with Gasteiger partial charge in [0.25, 0.3) is 0 Å². The second kappa shape index (κ2) is 10.8. The number of likely N-dealkylation sites (tertiary alicyclic amines) is 1. The zero-order valence-electron chi connectivity index (χ0n) is 14.4. The van der Waals surface area contributed by atoms with Crippen LogP contribution in [0.3, 0.4) is 0 Å². The molecule has 0 aromatic carbocycles. The third kappa shape index (κ3) is 6.53. The van der Waals surface area contributed by atoms with E-state index in [0.29, 0.717) is 13.1 Å². The van der Waals surface area contributed by atoms with Gasteiger partial charge in [-0.2, -0.15) is 0 Å². The number of halogens is 1. The molecule has 2 amide bonds. The van der Waals surface area contributed by atoms with E-state index in [2.05, 4.69) is 17.6 Å². The fourth-order valence-corrected chi connectivity index (χ4v) is 2.96. The highest BCUT2D eigenvalue weighted by Gasteiger charge is 2.30. The lowest BCUT2D eigenvalue weighted by atomic mass is 9.95. The van der Waals surface area contributed by atoms with Crippen molar-refractivity contribution in [3.05, 3.63) is 0 Å². The van der Waals surface area contributed by atoms with Crippen LogP contribution in [0.25, 0.3) is 0 Å². The molecule has 0 spiro atoms. The number of nitrogens with one attached hydrogen (secondary N) is 2. The van der Waals surface area contributed by atoms with Crippen LogP contribution in [0.15, 0.2) is 0 Å². The van der Waals surface area contributed by atoms with Crippen molar-refractivity contribution in [2.45, 2.75) is 52.5 Å². The first-order valence-electron chi connectivity index (χ1n) is 8.23. The largest absolute Gasteiger partial charge is 0.353 e. The second-order valence-corrected chi connectivity index (χ2v) is 6.28. The minimum absolute atomic E-state index is 0. The summed E-state index contributed by atoms with van der Waals surface area (Å²) in [6, 6.07) is 0.219. The summed E-state index contributed by atoms with van der Waals surface area (Å²) in [5.41, 5.74) is 0. The minimum Gasteiger partial charge on any atom is -0.353 e. The number of carbonyl (C=O) groups excluding carboxylic acids is 2. The molecule has 5 nitrogen and oxygen atoms in total. The number of nitrogens with zero attached hydrogens (tertiary/aromatic N) is 1. The Kier molecular flexibility index (Phi) is 10.4. The predicted molar refractivity (Wildman–Crippen MR) is 92.2 cm³/mol. The number of hydrogen-bond acceptors (Lipinski definition) is 3. The molecule has 0 bridgehead atoms. The van der Waals surface area contributed by atoms with E-state index in [-0.39, 0.29) is 42.1 Å². The first-order chi connectivity index (χ1) is 9.99. The fraction of sp³-hybridized carbons (Fsp3) is 0.875. The second-order valence-electron chi connectivity index (χ2n) is 6.28. The Morgan fingerprint density at radius 3 is 2.59 bits per heavy atom. The average molecular weight is 334 g/mol. The van der Waals surface area contributed by atoms with Crippen LogP contribution in [-0.2, 0) is 9.59 Å². The van der Waals surface area contributed by atoms with Gasteiger partial charge in [0, 0.05) is 31.6 Å². The molecule has 0 aromatic rings. The Morgan fingerprint density at radius 2 is 2.00 bits per heavy atom. The summed E-state index contributed by atoms with van der Waals surface area (Å²) in [6.45, 7) is 8.12. The molecule has 0 radical (unpaired) electrons. The van der Waals surface area contributed by atoms with Gasteiger partial charge in [0.15, 0.2) is 0 Å². The van der Waals surface area contributed by atoms with E-state index >= 15 is 0 Å². The normalized spacial score (nSPS) is 20.7. The number of hydrogen-bond donors (Lipinski definition) is 2. The molecule has 3 unspecified atom stereocenters. The first-order valence-corrected chi connectivity index (χ1v) is 8.23. The highest BCUT2D eigenvalue weighted by Crippen LogP contribution is 2.19. The van der Waals surface area contributed by atoms with E-state index in [4.69, 9.17) is 0 Å². The van der Waals surface area contributed by atoms with E-state index in [9.17, 15) is 9.59 Å². The van der Waals surface area contributed by atoms with Gasteiger partial charge in [0.1, 0.15) is 0 Å². The van der Waals surface area contributed by atoms with E-state index in [1.807, 2.05) is 25.8 Å². The third-order valence-electron chi connectivity index (χ3n) is 4.15. The number of amides is 2. The first kappa shape index (κ1) is 21.2. The summed E-state index contributed by atoms with van der Waals surface area (Å²) < 4.78 is 0. The number of carbonyl (C=O) groups is 2. The van der Waals surface area contributed by atoms with Crippen molar-refractivity contribution in [2.24, 2.45) is 11.8 Å². The zero-order chi connectivity index (χ0) is 15.8. The maximum Gasteiger partial charge on any atom is 0.226 e. The van der Waals surface area contributed by atoms with Crippen molar-refractivity contribution >= 4 is 24.2 Å². The van der Waals surface area contributed by atoms with Crippen molar-refractivity contribution in [3.63, 3.8) is 0 Å². The number of rotatable bonds is 7. The molecule has 1 saturated heterocycles. The molecule has 1 aliphatic rings. The standard InChI is InChI=1S/C16H31N3O2.ClH/c1-5-7-13(3)18-15(20)14-8-6-9-19(11-14)16(21)12(2)10-17-4;/h12-14,17H,5-11H2,1-4H3,(H,18,20);1H. The lowest BCUT2D eigenvalue weighted by Gasteiger charge is -2.34. The quantitative estimate of drug-likeness (QED) is 0.747. The van der Waals surface area contributed by atoms with Gasteiger partial charge in [-0.1, -0.05) is 20.3 Å². The van der Waals surface area contributed by atoms with Crippen LogP contribution in [0.5, 0.6) is 0 Å². The summed E-state index contributed by atoms with van der Waals surface area (Å²) >= 11 is 0. The van der Waals surface area contributed by atoms with Crippen LogP contribution in [0.1, 0.15) is 46.5 Å². The van der Waals surface area contributed by atoms with Crippen LogP contribution in [-0.4, -0.2) is 49.4 Å². The zero-order valence-corrected chi connectivity index (χ0v) is 15.2. The summed E-state index contributed by atoms with van der Waals surface area (Å²) in [6.07, 6.45) is 3.87. The fourth-order valence-electron chi connectivity index (χ4n) is 2.96. The highest BCUT2D eigenvalue weighted by molar-refractivity contribution is 5.85. The predicted octanol–water partition coefficient (Wildman–Crippen LogP) is 1.81. The molecule has 3 atom stereocenters. The Hall–Kier alpha value is -0.810. The lowest BCUT2D eigenvalue weighted by Crippen LogP contribution is -2.49. The van der Waals surface area contributed by atoms with Crippen LogP contribution < -0.4 is 10.6 Å². The van der Waals surface area contributed by atoms with Crippen LogP contribution >= 0.6 is 12.4 Å². The van der Waals surface area contributed by atoms with E-state index in [1.54, 1.807) is 0 Å². The van der Waals surface area contributed by atoms with Crippen LogP contribution in [0.4, 0.5) is 0 Å². The van der Waals surface area contributed by atoms with Crippen molar-refractivity contribution in [3.8, 4) is 0 Å². The summed E-state index contributed by atoms with van der Waals surface area (Å²) in [4.78, 5) is 26.5. The third-order valence-corrected chi connectivity index (χ3v) is 4.15. The molecule has 1 rings (SSSR count). The van der Waals surface area contributed by atoms with E-state index < -0.39 is 0 Å². The van der Waals surface area contributed by atoms with Gasteiger partial charge in [-0.05, 0) is 33.2 Å². The molecule has 22 heavy (non-hydrogen) atoms. The lowest BCUT2D eigenvalue weighted by molar-refractivity contribution is -0.138. The average Bonchev–Trinajstić information content (AvgIpc) is 2.47. The van der Waals surface area contributed by atoms with Crippen LogP contribution in [0, 0.1) is 11.8 Å². The monoisotopic (exact) mass is 333 g/mol. The van der Waals surface area contributed by atoms with Gasteiger partial charge in [0.2, 0.25) is 11.8 Å². The van der Waals surface area contributed by atoms with Crippen molar-refractivity contribution in [1.29, 1.82) is 0 Å². The smallest absolute Gasteiger partial charge is 0.226 e. The van der Waals surface area contributed by atoms with Gasteiger partial charge in [0.05, 0.1) is 5.92 Å². The van der Waals surface area contributed by atoms with E-state index in [0.717, 1.165) is 32.2 Å². The van der Waals surface area contributed by atoms with Crippen molar-refractivity contribution in [1.82, 2.24) is 15.5 Å². The van der Waals surface area contributed by atoms with Crippen molar-refractivity contribution in [2.75, 3.05) is 26.7 Å². The molecule has 6 heteroatoms. The molecule has 0 aliphatic carbocycles. The summed E-state index contributed by atoms with van der Waals surface area (Å²) in [7, 11) is 1.85. The highest BCUT2D eigenvalue weighted by atomic mass is 35.5. The van der Waals surface area contributed by atoms with Gasteiger partial charge < -0.3 is 15.5 Å². The Balaban J connectivity index is 0.00000441. The Bertz CT molecular complexity index is 352. The molecule has 1 heterocycles. The Morgan fingerprint density at radius 1 is 1.32 bits per heavy atom. The summed E-state index contributed by atoms with van der Waals surface area (Å²) in [5.74, 6) is 0.179. The summed E-state index contributed by atoms with van der Waals surface area (Å²) in [5, 5.41) is 6.11. The molecule has 1 fully saturated rings. The van der Waals surface area contributed by atoms with Gasteiger partial charge >= 0.3 is 0 Å². The molecular formula is C16H32ClN3O2. The molecular weight excluding hydrogens is 302 g/mol. The minimum atomic E-state index is -0.0520. The maximum absolute atomic E-state index is 12.3. The van der Waals surface area contributed by atoms with Gasteiger partial charge in [-0.25, -0.2) is 0 Å². The molecule has 0 aromatic heterocycles. The molecule has 130 valence electrons. The SMILES string of the molecule is CCCC(C)NC(=O)C1CCCN(C(=O)C(C)CNC)C1.Cl. The number of piperidine rings is 1. The van der Waals surface area contributed by atoms with E-state index in [1.165, 1.54) is 0 Å². The van der Waals surface area contributed by atoms with Gasteiger partial charge in [-0.15, -0.1) is 12.4 Å². The topological polar surface area (TPSA) is 61.4 Å². The van der Waals surface area contributed by atoms with Crippen LogP contribution in [0.2, 0.25) is 0 Å².